The normalized spacial score (nSPS) is 17.1. The minimum absolute atomic E-state index is 0.323. The molecule has 1 aliphatic heterocycles. The van der Waals surface area contributed by atoms with Crippen molar-refractivity contribution in [3.8, 4) is 0 Å². The van der Waals surface area contributed by atoms with Gasteiger partial charge in [-0.15, -0.1) is 0 Å². The van der Waals surface area contributed by atoms with Crippen LogP contribution in [0.1, 0.15) is 49.5 Å². The molecule has 152 valence electrons. The van der Waals surface area contributed by atoms with Crippen molar-refractivity contribution in [2.75, 3.05) is 6.54 Å². The van der Waals surface area contributed by atoms with E-state index >= 15 is 0 Å². The van der Waals surface area contributed by atoms with Gasteiger partial charge in [0, 0.05) is 12.1 Å². The molecule has 0 N–H and O–H groups in total. The lowest BCUT2D eigenvalue weighted by molar-refractivity contribution is 0.0264. The first kappa shape index (κ1) is 20.6. The van der Waals surface area contributed by atoms with Gasteiger partial charge in [0.15, 0.2) is 0 Å². The Kier molecular flexibility index (Phi) is 6.32. The second kappa shape index (κ2) is 8.90. The molecule has 1 unspecified atom stereocenters. The number of hydrogen-bond donors (Lipinski definition) is 0. The fourth-order valence-corrected chi connectivity index (χ4v) is 3.22. The van der Waals surface area contributed by atoms with Crippen LogP contribution in [-0.4, -0.2) is 40.9 Å². The Bertz CT molecular complexity index is 873. The van der Waals surface area contributed by atoms with Crippen LogP contribution >= 0.6 is 0 Å². The van der Waals surface area contributed by atoms with Crippen molar-refractivity contribution in [3.05, 3.63) is 71.8 Å². The van der Waals surface area contributed by atoms with E-state index in [9.17, 15) is 9.59 Å². The lowest BCUT2D eigenvalue weighted by Crippen LogP contribution is -2.43. The third-order valence-corrected chi connectivity index (χ3v) is 4.50. The van der Waals surface area contributed by atoms with Crippen LogP contribution in [0.25, 0.3) is 0 Å². The molecule has 3 rings (SSSR count). The second-order valence-electron chi connectivity index (χ2n) is 7.92. The zero-order valence-corrected chi connectivity index (χ0v) is 17.0. The molecule has 0 aromatic heterocycles. The highest BCUT2D eigenvalue weighted by Crippen LogP contribution is 2.25. The number of carbonyl (C=O) groups is 2. The smallest absolute Gasteiger partial charge is 0.410 e. The third kappa shape index (κ3) is 5.44. The standard InChI is InChI=1S/C23H26N2O4/c1-23(2,3)28-22(27)25-16-10-15-19(25)20(17-11-6-4-7-12-17)24-29-21(26)18-13-8-5-9-14-18/h4-9,11-14,19H,10,15-16H2,1-3H3. The predicted octanol–water partition coefficient (Wildman–Crippen LogP) is 4.65. The minimum Gasteiger partial charge on any atom is -0.444 e. The monoisotopic (exact) mass is 394 g/mol. The summed E-state index contributed by atoms with van der Waals surface area (Å²) < 4.78 is 5.56. The lowest BCUT2D eigenvalue weighted by atomic mass is 10.0. The van der Waals surface area contributed by atoms with E-state index in [0.29, 0.717) is 17.8 Å². The molecule has 6 nitrogen and oxygen atoms in total. The molecule has 1 atom stereocenters. The molecule has 1 fully saturated rings. The first-order valence-electron chi connectivity index (χ1n) is 9.74. The maximum absolute atomic E-state index is 12.7. The summed E-state index contributed by atoms with van der Waals surface area (Å²) in [4.78, 5) is 32.0. The van der Waals surface area contributed by atoms with Crippen molar-refractivity contribution in [1.82, 2.24) is 4.90 Å². The highest BCUT2D eigenvalue weighted by atomic mass is 16.7. The second-order valence-corrected chi connectivity index (χ2v) is 7.92. The lowest BCUT2D eigenvalue weighted by Gasteiger charge is -2.29. The number of oxime groups is 1. The number of carbonyl (C=O) groups excluding carboxylic acids is 2. The van der Waals surface area contributed by atoms with Gasteiger partial charge in [0.25, 0.3) is 0 Å². The maximum Gasteiger partial charge on any atom is 0.410 e. The van der Waals surface area contributed by atoms with Gasteiger partial charge in [-0.05, 0) is 45.7 Å². The van der Waals surface area contributed by atoms with E-state index in [1.54, 1.807) is 29.2 Å². The number of amides is 1. The molecule has 1 aliphatic rings. The van der Waals surface area contributed by atoms with Crippen LogP contribution in [0, 0.1) is 0 Å². The zero-order valence-electron chi connectivity index (χ0n) is 17.0. The highest BCUT2D eigenvalue weighted by molar-refractivity contribution is 6.06. The Hall–Kier alpha value is -3.15. The maximum atomic E-state index is 12.7. The van der Waals surface area contributed by atoms with Crippen LogP contribution in [0.5, 0.6) is 0 Å². The van der Waals surface area contributed by atoms with Crippen LogP contribution < -0.4 is 0 Å². The quantitative estimate of drug-likeness (QED) is 0.430. The van der Waals surface area contributed by atoms with E-state index in [1.165, 1.54) is 0 Å². The summed E-state index contributed by atoms with van der Waals surface area (Å²) in [5.74, 6) is -0.541. The molecule has 1 heterocycles. The Labute approximate surface area is 171 Å². The number of rotatable bonds is 4. The molecular formula is C23H26N2O4. The average Bonchev–Trinajstić information content (AvgIpc) is 3.18. The van der Waals surface area contributed by atoms with Gasteiger partial charge in [-0.2, -0.15) is 0 Å². The Morgan fingerprint density at radius 2 is 1.55 bits per heavy atom. The van der Waals surface area contributed by atoms with Crippen molar-refractivity contribution in [1.29, 1.82) is 0 Å². The summed E-state index contributed by atoms with van der Waals surface area (Å²) in [5, 5.41) is 4.20. The third-order valence-electron chi connectivity index (χ3n) is 4.50. The van der Waals surface area contributed by atoms with Crippen molar-refractivity contribution in [3.63, 3.8) is 0 Å². The average molecular weight is 394 g/mol. The molecule has 0 saturated carbocycles. The van der Waals surface area contributed by atoms with Crippen LogP contribution in [-0.2, 0) is 9.57 Å². The molecule has 1 saturated heterocycles. The molecular weight excluding hydrogens is 368 g/mol. The number of hydrogen-bond acceptors (Lipinski definition) is 5. The molecule has 29 heavy (non-hydrogen) atoms. The van der Waals surface area contributed by atoms with Gasteiger partial charge in [0.1, 0.15) is 11.3 Å². The van der Waals surface area contributed by atoms with Crippen molar-refractivity contribution < 1.29 is 19.2 Å². The van der Waals surface area contributed by atoms with E-state index in [0.717, 1.165) is 18.4 Å². The molecule has 0 bridgehead atoms. The van der Waals surface area contributed by atoms with Crippen LogP contribution in [0.2, 0.25) is 0 Å². The summed E-state index contributed by atoms with van der Waals surface area (Å²) in [5.41, 5.74) is 1.17. The molecule has 1 amide bonds. The van der Waals surface area contributed by atoms with Gasteiger partial charge in [-0.3, -0.25) is 4.90 Å². The number of nitrogens with zero attached hydrogens (tertiary/aromatic N) is 2. The fourth-order valence-electron chi connectivity index (χ4n) is 3.22. The number of ether oxygens (including phenoxy) is 1. The SMILES string of the molecule is CC(C)(C)OC(=O)N1CCCC1C(=NOC(=O)c1ccccc1)c1ccccc1. The van der Waals surface area contributed by atoms with E-state index < -0.39 is 17.7 Å². The topological polar surface area (TPSA) is 68.2 Å². The Morgan fingerprint density at radius 1 is 0.966 bits per heavy atom. The Morgan fingerprint density at radius 3 is 2.14 bits per heavy atom. The van der Waals surface area contributed by atoms with E-state index in [4.69, 9.17) is 9.57 Å². The first-order valence-corrected chi connectivity index (χ1v) is 9.74. The molecule has 2 aromatic rings. The first-order chi connectivity index (χ1) is 13.8. The number of likely N-dealkylation sites (tertiary alicyclic amines) is 1. The van der Waals surface area contributed by atoms with Crippen molar-refractivity contribution in [2.24, 2.45) is 5.16 Å². The fraction of sp³-hybridized carbons (Fsp3) is 0.348. The summed E-state index contributed by atoms with van der Waals surface area (Å²) in [6, 6.07) is 17.8. The van der Waals surface area contributed by atoms with E-state index in [1.807, 2.05) is 57.2 Å². The van der Waals surface area contributed by atoms with Crippen LogP contribution in [0.3, 0.4) is 0 Å². The van der Waals surface area contributed by atoms with Gasteiger partial charge in [-0.25, -0.2) is 9.59 Å². The van der Waals surface area contributed by atoms with Gasteiger partial charge >= 0.3 is 12.1 Å². The van der Waals surface area contributed by atoms with Gasteiger partial charge < -0.3 is 9.57 Å². The zero-order chi connectivity index (χ0) is 20.9. The predicted molar refractivity (Wildman–Crippen MR) is 111 cm³/mol. The van der Waals surface area contributed by atoms with Gasteiger partial charge in [0.05, 0.1) is 11.6 Å². The van der Waals surface area contributed by atoms with E-state index in [2.05, 4.69) is 5.16 Å². The minimum atomic E-state index is -0.589. The molecule has 6 heteroatoms. The van der Waals surface area contributed by atoms with Crippen LogP contribution in [0.4, 0.5) is 4.79 Å². The van der Waals surface area contributed by atoms with Gasteiger partial charge in [-0.1, -0.05) is 53.7 Å². The molecule has 0 aliphatic carbocycles. The summed E-state index contributed by atoms with van der Waals surface area (Å²) in [7, 11) is 0. The highest BCUT2D eigenvalue weighted by Gasteiger charge is 2.36. The Balaban J connectivity index is 1.87. The summed E-state index contributed by atoms with van der Waals surface area (Å²) in [6.45, 7) is 6.08. The van der Waals surface area contributed by atoms with Crippen molar-refractivity contribution in [2.45, 2.75) is 45.3 Å². The number of benzene rings is 2. The van der Waals surface area contributed by atoms with Crippen LogP contribution in [0.15, 0.2) is 65.8 Å². The largest absolute Gasteiger partial charge is 0.444 e. The molecule has 0 radical (unpaired) electrons. The van der Waals surface area contributed by atoms with E-state index in [-0.39, 0.29) is 6.04 Å². The summed E-state index contributed by atoms with van der Waals surface area (Å²) in [6.07, 6.45) is 1.15. The molecule has 0 spiro atoms. The van der Waals surface area contributed by atoms with Gasteiger partial charge in [0.2, 0.25) is 0 Å². The summed E-state index contributed by atoms with van der Waals surface area (Å²) >= 11 is 0. The van der Waals surface area contributed by atoms with Crippen molar-refractivity contribution >= 4 is 17.8 Å². The molecule has 2 aromatic carbocycles.